The zero-order chi connectivity index (χ0) is 13.1. The Kier molecular flexibility index (Phi) is 4.15. The first-order valence-corrected chi connectivity index (χ1v) is 6.62. The summed E-state index contributed by atoms with van der Waals surface area (Å²) < 4.78 is 7.47. The molecule has 94 valence electrons. The zero-order valence-electron chi connectivity index (χ0n) is 9.45. The number of ether oxygens (including phenoxy) is 1. The van der Waals surface area contributed by atoms with E-state index in [0.717, 1.165) is 14.6 Å². The summed E-state index contributed by atoms with van der Waals surface area (Å²) in [6.45, 7) is 1.84. The van der Waals surface area contributed by atoms with Gasteiger partial charge in [0.1, 0.15) is 5.75 Å². The lowest BCUT2D eigenvalue weighted by Gasteiger charge is -2.08. The molecule has 0 unspecified atom stereocenters. The summed E-state index contributed by atoms with van der Waals surface area (Å²) in [6, 6.07) is 7.35. The van der Waals surface area contributed by atoms with Gasteiger partial charge in [-0.15, -0.1) is 0 Å². The van der Waals surface area contributed by atoms with Crippen LogP contribution < -0.4 is 16.0 Å². The monoisotopic (exact) mass is 372 g/mol. The summed E-state index contributed by atoms with van der Waals surface area (Å²) in [5.74, 6) is 6.70. The van der Waals surface area contributed by atoms with Crippen LogP contribution in [0.5, 0.6) is 11.6 Å². The number of hydrazine groups is 1. The van der Waals surface area contributed by atoms with Crippen LogP contribution in [0.4, 0.5) is 5.95 Å². The fourth-order valence-corrected chi connectivity index (χ4v) is 2.46. The topological polar surface area (TPSA) is 73.1 Å². The lowest BCUT2D eigenvalue weighted by atomic mass is 10.3. The normalized spacial score (nSPS) is 10.2. The third-order valence-corrected chi connectivity index (χ3v) is 3.18. The molecule has 0 aliphatic heterocycles. The van der Waals surface area contributed by atoms with Crippen LogP contribution in [0.1, 0.15) is 5.69 Å². The van der Waals surface area contributed by atoms with Gasteiger partial charge in [-0.05, 0) is 41.1 Å². The van der Waals surface area contributed by atoms with E-state index in [1.165, 1.54) is 0 Å². The van der Waals surface area contributed by atoms with Crippen LogP contribution in [0.15, 0.2) is 33.2 Å². The van der Waals surface area contributed by atoms with E-state index in [-0.39, 0.29) is 0 Å². The average molecular weight is 374 g/mol. The highest BCUT2D eigenvalue weighted by atomic mass is 79.9. The first kappa shape index (κ1) is 13.3. The number of aryl methyl sites for hydroxylation is 1. The van der Waals surface area contributed by atoms with Crippen molar-refractivity contribution in [3.63, 3.8) is 0 Å². The highest BCUT2D eigenvalue weighted by Gasteiger charge is 2.06. The molecule has 7 heteroatoms. The number of halogens is 2. The molecular formula is C11H10Br2N4O. The number of hydrogen-bond acceptors (Lipinski definition) is 5. The molecule has 0 spiro atoms. The lowest BCUT2D eigenvalue weighted by Crippen LogP contribution is -2.11. The van der Waals surface area contributed by atoms with E-state index in [9.17, 15) is 0 Å². The van der Waals surface area contributed by atoms with Gasteiger partial charge in [0.25, 0.3) is 0 Å². The predicted molar refractivity (Wildman–Crippen MR) is 76.5 cm³/mol. The van der Waals surface area contributed by atoms with Crippen molar-refractivity contribution in [3.05, 3.63) is 38.9 Å². The molecule has 18 heavy (non-hydrogen) atoms. The number of aromatic nitrogens is 2. The Morgan fingerprint density at radius 3 is 2.67 bits per heavy atom. The summed E-state index contributed by atoms with van der Waals surface area (Å²) in [5.41, 5.74) is 3.16. The van der Waals surface area contributed by atoms with E-state index in [2.05, 4.69) is 47.3 Å². The summed E-state index contributed by atoms with van der Waals surface area (Å²) in [7, 11) is 0. The minimum atomic E-state index is 0.318. The molecule has 2 aromatic rings. The molecule has 5 nitrogen and oxygen atoms in total. The van der Waals surface area contributed by atoms with Crippen LogP contribution in [-0.2, 0) is 0 Å². The minimum absolute atomic E-state index is 0.318. The number of nitrogens with zero attached hydrogens (tertiary/aromatic N) is 2. The number of nitrogens with one attached hydrogen (secondary N) is 1. The smallest absolute Gasteiger partial charge is 0.240 e. The number of benzene rings is 1. The zero-order valence-corrected chi connectivity index (χ0v) is 12.6. The van der Waals surface area contributed by atoms with Crippen LogP contribution in [0.25, 0.3) is 0 Å². The third kappa shape index (κ3) is 3.18. The second-order valence-corrected chi connectivity index (χ2v) is 5.26. The number of rotatable bonds is 3. The van der Waals surface area contributed by atoms with Crippen LogP contribution in [0.3, 0.4) is 0 Å². The second kappa shape index (κ2) is 5.64. The molecule has 2 rings (SSSR count). The molecule has 0 saturated heterocycles. The van der Waals surface area contributed by atoms with E-state index in [1.54, 1.807) is 6.07 Å². The van der Waals surface area contributed by atoms with Crippen molar-refractivity contribution in [3.8, 4) is 11.6 Å². The van der Waals surface area contributed by atoms with Crippen molar-refractivity contribution in [2.45, 2.75) is 6.92 Å². The minimum Gasteiger partial charge on any atom is -0.438 e. The summed E-state index contributed by atoms with van der Waals surface area (Å²) in [6.07, 6.45) is 0. The van der Waals surface area contributed by atoms with E-state index in [1.807, 2.05) is 25.1 Å². The van der Waals surface area contributed by atoms with Crippen LogP contribution in [0, 0.1) is 6.92 Å². The van der Waals surface area contributed by atoms with Crippen molar-refractivity contribution >= 4 is 37.8 Å². The van der Waals surface area contributed by atoms with E-state index < -0.39 is 0 Å². The molecule has 0 aliphatic carbocycles. The molecule has 0 amide bonds. The van der Waals surface area contributed by atoms with Crippen molar-refractivity contribution in [1.29, 1.82) is 0 Å². The van der Waals surface area contributed by atoms with Gasteiger partial charge < -0.3 is 4.74 Å². The van der Waals surface area contributed by atoms with E-state index in [4.69, 9.17) is 10.6 Å². The fourth-order valence-electron chi connectivity index (χ4n) is 1.33. The highest BCUT2D eigenvalue weighted by Crippen LogP contribution is 2.31. The molecule has 0 fully saturated rings. The molecule has 1 aromatic carbocycles. The van der Waals surface area contributed by atoms with Crippen molar-refractivity contribution in [1.82, 2.24) is 9.97 Å². The average Bonchev–Trinajstić information content (AvgIpc) is 2.32. The Morgan fingerprint density at radius 1 is 1.22 bits per heavy atom. The Labute approximate surface area is 121 Å². The molecule has 0 aliphatic rings. The lowest BCUT2D eigenvalue weighted by molar-refractivity contribution is 0.458. The van der Waals surface area contributed by atoms with E-state index >= 15 is 0 Å². The van der Waals surface area contributed by atoms with Crippen molar-refractivity contribution in [2.24, 2.45) is 5.84 Å². The quantitative estimate of drug-likeness (QED) is 0.637. The molecular weight excluding hydrogens is 364 g/mol. The summed E-state index contributed by atoms with van der Waals surface area (Å²) >= 11 is 6.80. The molecule has 0 radical (unpaired) electrons. The van der Waals surface area contributed by atoms with Crippen molar-refractivity contribution < 1.29 is 4.74 Å². The van der Waals surface area contributed by atoms with Gasteiger partial charge in [0.05, 0.1) is 4.47 Å². The predicted octanol–water partition coefficient (Wildman–Crippen LogP) is 3.39. The SMILES string of the molecule is Cc1cc(Oc2ccc(Br)cc2Br)nc(NN)n1. The molecule has 0 atom stereocenters. The largest absolute Gasteiger partial charge is 0.438 e. The van der Waals surface area contributed by atoms with Gasteiger partial charge in [0.2, 0.25) is 11.8 Å². The number of hydrogen-bond donors (Lipinski definition) is 2. The molecule has 0 saturated carbocycles. The molecule has 1 heterocycles. The maximum Gasteiger partial charge on any atom is 0.240 e. The Morgan fingerprint density at radius 2 is 2.00 bits per heavy atom. The second-order valence-electron chi connectivity index (χ2n) is 3.49. The van der Waals surface area contributed by atoms with Gasteiger partial charge in [-0.3, -0.25) is 5.43 Å². The Balaban J connectivity index is 2.30. The third-order valence-electron chi connectivity index (χ3n) is 2.07. The summed E-state index contributed by atoms with van der Waals surface area (Å²) in [4.78, 5) is 8.19. The fraction of sp³-hybridized carbons (Fsp3) is 0.0909. The van der Waals surface area contributed by atoms with Crippen molar-refractivity contribution in [2.75, 3.05) is 5.43 Å². The number of anilines is 1. The highest BCUT2D eigenvalue weighted by molar-refractivity contribution is 9.11. The molecule has 3 N–H and O–H groups in total. The van der Waals surface area contributed by atoms with Crippen LogP contribution in [-0.4, -0.2) is 9.97 Å². The maximum atomic E-state index is 5.67. The first-order valence-electron chi connectivity index (χ1n) is 5.03. The van der Waals surface area contributed by atoms with Gasteiger partial charge in [0, 0.05) is 16.2 Å². The first-order chi connectivity index (χ1) is 8.58. The number of nitrogens with two attached hydrogens (primary N) is 1. The number of nitrogen functional groups attached to an aromatic ring is 1. The van der Waals surface area contributed by atoms with Gasteiger partial charge in [0.15, 0.2) is 0 Å². The van der Waals surface area contributed by atoms with Gasteiger partial charge in [-0.1, -0.05) is 15.9 Å². The Bertz CT molecular complexity index is 577. The van der Waals surface area contributed by atoms with Crippen LogP contribution >= 0.6 is 31.9 Å². The molecule has 1 aromatic heterocycles. The maximum absolute atomic E-state index is 5.67. The molecule has 0 bridgehead atoms. The van der Waals surface area contributed by atoms with Gasteiger partial charge in [-0.25, -0.2) is 10.8 Å². The van der Waals surface area contributed by atoms with Crippen LogP contribution in [0.2, 0.25) is 0 Å². The van der Waals surface area contributed by atoms with E-state index in [0.29, 0.717) is 17.6 Å². The Hall–Kier alpha value is -1.18. The standard InChI is InChI=1S/C11H10Br2N4O/c1-6-4-10(16-11(15-6)17-14)18-9-3-2-7(12)5-8(9)13/h2-5H,14H2,1H3,(H,15,16,17). The van der Waals surface area contributed by atoms with Gasteiger partial charge >= 0.3 is 0 Å². The summed E-state index contributed by atoms with van der Waals surface area (Å²) in [5, 5.41) is 0. The van der Waals surface area contributed by atoms with Gasteiger partial charge in [-0.2, -0.15) is 4.98 Å².